The van der Waals surface area contributed by atoms with Gasteiger partial charge in [-0.05, 0) is 56.4 Å². The average molecular weight is 284 g/mol. The molecule has 21 heavy (non-hydrogen) atoms. The average Bonchev–Trinajstić information content (AvgIpc) is 2.85. The molecule has 0 fully saturated rings. The summed E-state index contributed by atoms with van der Waals surface area (Å²) in [6, 6.07) is 5.49. The van der Waals surface area contributed by atoms with Crippen LogP contribution in [0.1, 0.15) is 29.8 Å². The molecule has 0 saturated carbocycles. The number of nitrogen functional groups attached to an aromatic ring is 1. The Bertz CT molecular complexity index is 675. The van der Waals surface area contributed by atoms with Crippen LogP contribution in [0.3, 0.4) is 0 Å². The summed E-state index contributed by atoms with van der Waals surface area (Å²) in [7, 11) is 0. The van der Waals surface area contributed by atoms with Gasteiger partial charge in [0.05, 0.1) is 12.0 Å². The Kier molecular flexibility index (Phi) is 3.64. The van der Waals surface area contributed by atoms with E-state index >= 15 is 0 Å². The number of aromatic nitrogens is 2. The third kappa shape index (κ3) is 2.91. The Hall–Kier alpha value is -2.30. The first-order valence-corrected chi connectivity index (χ1v) is 7.32. The van der Waals surface area contributed by atoms with Gasteiger partial charge in [-0.15, -0.1) is 0 Å². The zero-order valence-electron chi connectivity index (χ0n) is 12.2. The van der Waals surface area contributed by atoms with E-state index in [0.29, 0.717) is 12.2 Å². The van der Waals surface area contributed by atoms with E-state index in [1.165, 1.54) is 18.5 Å². The maximum absolute atomic E-state index is 12.2. The van der Waals surface area contributed by atoms with Crippen LogP contribution < -0.4 is 11.1 Å². The maximum atomic E-state index is 12.2. The van der Waals surface area contributed by atoms with E-state index in [2.05, 4.69) is 10.3 Å². The highest BCUT2D eigenvalue weighted by atomic mass is 16.1. The largest absolute Gasteiger partial charge is 0.399 e. The molecule has 0 radical (unpaired) electrons. The fourth-order valence-electron chi connectivity index (χ4n) is 2.84. The lowest BCUT2D eigenvalue weighted by molar-refractivity contribution is -0.116. The molecule has 3 rings (SSSR count). The number of imidazole rings is 1. The van der Waals surface area contributed by atoms with Gasteiger partial charge in [0.15, 0.2) is 0 Å². The van der Waals surface area contributed by atoms with Gasteiger partial charge < -0.3 is 15.6 Å². The molecule has 1 amide bonds. The van der Waals surface area contributed by atoms with Gasteiger partial charge in [0.25, 0.3) is 0 Å². The molecule has 0 saturated heterocycles. The van der Waals surface area contributed by atoms with Crippen molar-refractivity contribution in [2.45, 2.75) is 39.2 Å². The molecule has 3 N–H and O–H groups in total. The number of anilines is 2. The van der Waals surface area contributed by atoms with Crippen LogP contribution in [0.15, 0.2) is 24.5 Å². The lowest BCUT2D eigenvalue weighted by Crippen LogP contribution is -2.21. The number of nitrogens with zero attached hydrogens (tertiary/aromatic N) is 2. The maximum Gasteiger partial charge on any atom is 0.244 e. The van der Waals surface area contributed by atoms with Crippen LogP contribution in [0.5, 0.6) is 0 Å². The Morgan fingerprint density at radius 3 is 3.00 bits per heavy atom. The molecule has 0 unspecified atom stereocenters. The Morgan fingerprint density at radius 2 is 2.19 bits per heavy atom. The fraction of sp³-hybridized carbons (Fsp3) is 0.375. The molecule has 5 heteroatoms. The van der Waals surface area contributed by atoms with Crippen LogP contribution in [0, 0.1) is 6.92 Å². The van der Waals surface area contributed by atoms with Crippen molar-refractivity contribution in [3.63, 3.8) is 0 Å². The summed E-state index contributed by atoms with van der Waals surface area (Å²) in [5, 5.41) is 2.94. The third-order valence-corrected chi connectivity index (χ3v) is 3.95. The molecule has 0 spiro atoms. The number of carbonyl (C=O) groups is 1. The van der Waals surface area contributed by atoms with Crippen molar-refractivity contribution in [2.75, 3.05) is 11.1 Å². The first-order chi connectivity index (χ1) is 10.1. The van der Waals surface area contributed by atoms with E-state index in [9.17, 15) is 4.79 Å². The highest BCUT2D eigenvalue weighted by Crippen LogP contribution is 2.20. The summed E-state index contributed by atoms with van der Waals surface area (Å²) in [6.45, 7) is 2.25. The predicted molar refractivity (Wildman–Crippen MR) is 83.1 cm³/mol. The van der Waals surface area contributed by atoms with E-state index in [1.807, 2.05) is 23.6 Å². The highest BCUT2D eigenvalue weighted by Gasteiger charge is 2.16. The fourth-order valence-corrected chi connectivity index (χ4v) is 2.84. The van der Waals surface area contributed by atoms with Crippen molar-refractivity contribution >= 4 is 17.3 Å². The minimum atomic E-state index is -0.0337. The Morgan fingerprint density at radius 1 is 1.38 bits per heavy atom. The molecule has 1 aliphatic carbocycles. The summed E-state index contributed by atoms with van der Waals surface area (Å²) in [6.07, 6.45) is 6.20. The summed E-state index contributed by atoms with van der Waals surface area (Å²) >= 11 is 0. The van der Waals surface area contributed by atoms with Gasteiger partial charge in [-0.2, -0.15) is 0 Å². The van der Waals surface area contributed by atoms with Gasteiger partial charge in [0, 0.05) is 17.1 Å². The van der Waals surface area contributed by atoms with Crippen LogP contribution >= 0.6 is 0 Å². The van der Waals surface area contributed by atoms with Gasteiger partial charge in [-0.3, -0.25) is 4.79 Å². The zero-order valence-corrected chi connectivity index (χ0v) is 12.2. The SMILES string of the molecule is Cc1cc(N)ccc1NC(=O)Cn1cnc2c1CCCC2. The molecule has 1 aromatic carbocycles. The summed E-state index contributed by atoms with van der Waals surface area (Å²) < 4.78 is 1.97. The second-order valence-electron chi connectivity index (χ2n) is 5.60. The van der Waals surface area contributed by atoms with E-state index < -0.39 is 0 Å². The van der Waals surface area contributed by atoms with Crippen molar-refractivity contribution in [1.82, 2.24) is 9.55 Å². The minimum Gasteiger partial charge on any atom is -0.399 e. The molecule has 5 nitrogen and oxygen atoms in total. The summed E-state index contributed by atoms with van der Waals surface area (Å²) in [5.74, 6) is -0.0337. The number of hydrogen-bond donors (Lipinski definition) is 2. The summed E-state index contributed by atoms with van der Waals surface area (Å²) in [4.78, 5) is 16.6. The number of hydrogen-bond acceptors (Lipinski definition) is 3. The molecule has 0 atom stereocenters. The number of amides is 1. The number of fused-ring (bicyclic) bond motifs is 1. The number of nitrogens with one attached hydrogen (secondary N) is 1. The van der Waals surface area contributed by atoms with Crippen molar-refractivity contribution in [3.05, 3.63) is 41.5 Å². The second-order valence-corrected chi connectivity index (χ2v) is 5.60. The van der Waals surface area contributed by atoms with Crippen LogP contribution in [0.4, 0.5) is 11.4 Å². The standard InChI is InChI=1S/C16H20N4O/c1-11-8-12(17)6-7-13(11)19-16(21)9-20-10-18-14-4-2-3-5-15(14)20/h6-8,10H,2-5,9,17H2,1H3,(H,19,21). The van der Waals surface area contributed by atoms with Crippen molar-refractivity contribution < 1.29 is 4.79 Å². The third-order valence-electron chi connectivity index (χ3n) is 3.95. The van der Waals surface area contributed by atoms with Gasteiger partial charge in [-0.1, -0.05) is 0 Å². The molecule has 1 aromatic heterocycles. The van der Waals surface area contributed by atoms with Gasteiger partial charge in [0.1, 0.15) is 6.54 Å². The number of nitrogens with two attached hydrogens (primary N) is 1. The number of benzene rings is 1. The predicted octanol–water partition coefficient (Wildman–Crippen LogP) is 2.29. The topological polar surface area (TPSA) is 72.9 Å². The minimum absolute atomic E-state index is 0.0337. The first kappa shape index (κ1) is 13.7. The lowest BCUT2D eigenvalue weighted by atomic mass is 10.0. The van der Waals surface area contributed by atoms with Crippen molar-refractivity contribution in [3.8, 4) is 0 Å². The lowest BCUT2D eigenvalue weighted by Gasteiger charge is -2.14. The summed E-state index contributed by atoms with van der Waals surface area (Å²) in [5.41, 5.74) is 10.6. The molecular weight excluding hydrogens is 264 g/mol. The van der Waals surface area contributed by atoms with Gasteiger partial charge in [-0.25, -0.2) is 4.98 Å². The Labute approximate surface area is 124 Å². The van der Waals surface area contributed by atoms with E-state index in [1.54, 1.807) is 12.4 Å². The number of aryl methyl sites for hydroxylation is 2. The molecule has 1 aliphatic rings. The highest BCUT2D eigenvalue weighted by molar-refractivity contribution is 5.91. The smallest absolute Gasteiger partial charge is 0.244 e. The van der Waals surface area contributed by atoms with Crippen LogP contribution in [0.25, 0.3) is 0 Å². The monoisotopic (exact) mass is 284 g/mol. The molecule has 0 aliphatic heterocycles. The van der Waals surface area contributed by atoms with Crippen molar-refractivity contribution in [2.24, 2.45) is 0 Å². The van der Waals surface area contributed by atoms with Crippen LogP contribution in [-0.2, 0) is 24.2 Å². The van der Waals surface area contributed by atoms with Crippen LogP contribution in [-0.4, -0.2) is 15.5 Å². The van der Waals surface area contributed by atoms with E-state index in [4.69, 9.17) is 5.73 Å². The normalized spacial score (nSPS) is 13.8. The van der Waals surface area contributed by atoms with Crippen molar-refractivity contribution in [1.29, 1.82) is 0 Å². The first-order valence-electron chi connectivity index (χ1n) is 7.32. The van der Waals surface area contributed by atoms with E-state index in [-0.39, 0.29) is 5.91 Å². The zero-order chi connectivity index (χ0) is 14.8. The number of carbonyl (C=O) groups excluding carboxylic acids is 1. The van der Waals surface area contributed by atoms with Crippen LogP contribution in [0.2, 0.25) is 0 Å². The Balaban J connectivity index is 1.70. The van der Waals surface area contributed by atoms with Gasteiger partial charge in [0.2, 0.25) is 5.91 Å². The molecule has 110 valence electrons. The number of rotatable bonds is 3. The van der Waals surface area contributed by atoms with Gasteiger partial charge >= 0.3 is 0 Å². The second kappa shape index (κ2) is 5.60. The van der Waals surface area contributed by atoms with E-state index in [0.717, 1.165) is 29.8 Å². The molecular formula is C16H20N4O. The molecule has 2 aromatic rings. The molecule has 0 bridgehead atoms. The quantitative estimate of drug-likeness (QED) is 0.849. The molecule has 1 heterocycles.